The summed E-state index contributed by atoms with van der Waals surface area (Å²) in [6.07, 6.45) is 0. The molecule has 1 aromatic carbocycles. The summed E-state index contributed by atoms with van der Waals surface area (Å²) >= 11 is 0. The monoisotopic (exact) mass is 228 g/mol. The van der Waals surface area contributed by atoms with E-state index in [-0.39, 0.29) is 11.8 Å². The van der Waals surface area contributed by atoms with Crippen LogP contribution in [0.1, 0.15) is 11.6 Å². The summed E-state index contributed by atoms with van der Waals surface area (Å²) in [5.41, 5.74) is 0.773. The van der Waals surface area contributed by atoms with Crippen molar-refractivity contribution in [1.29, 1.82) is 0 Å². The Morgan fingerprint density at radius 2 is 2.06 bits per heavy atom. The van der Waals surface area contributed by atoms with Gasteiger partial charge >= 0.3 is 6.61 Å². The third kappa shape index (κ3) is 2.68. The predicted molar refractivity (Wildman–Crippen MR) is 56.7 cm³/mol. The van der Waals surface area contributed by atoms with Crippen molar-refractivity contribution in [3.63, 3.8) is 0 Å². The number of para-hydroxylation sites is 1. The Morgan fingerprint density at radius 3 is 2.75 bits per heavy atom. The number of hydrogen-bond acceptors (Lipinski definition) is 3. The van der Waals surface area contributed by atoms with Crippen molar-refractivity contribution >= 4 is 0 Å². The predicted octanol–water partition coefficient (Wildman–Crippen LogP) is 1.52. The Kier molecular flexibility index (Phi) is 3.69. The molecule has 1 fully saturated rings. The van der Waals surface area contributed by atoms with E-state index in [1.165, 1.54) is 0 Å². The summed E-state index contributed by atoms with van der Waals surface area (Å²) in [6.45, 7) is -0.330. The Hall–Kier alpha value is -1.20. The van der Waals surface area contributed by atoms with E-state index in [0.717, 1.165) is 25.2 Å². The van der Waals surface area contributed by atoms with Crippen LogP contribution in [0.3, 0.4) is 0 Å². The Balaban J connectivity index is 2.17. The van der Waals surface area contributed by atoms with E-state index in [1.807, 2.05) is 12.1 Å². The SMILES string of the molecule is FC(F)Oc1ccccc1[C@H]1CNCCN1. The number of alkyl halides is 2. The number of rotatable bonds is 3. The van der Waals surface area contributed by atoms with E-state index < -0.39 is 6.61 Å². The molecule has 5 heteroatoms. The Morgan fingerprint density at radius 1 is 1.25 bits per heavy atom. The lowest BCUT2D eigenvalue weighted by molar-refractivity contribution is -0.0507. The second kappa shape index (κ2) is 5.23. The maximum absolute atomic E-state index is 12.2. The summed E-state index contributed by atoms with van der Waals surface area (Å²) in [5.74, 6) is 0.249. The van der Waals surface area contributed by atoms with Crippen LogP contribution in [-0.2, 0) is 0 Å². The molecule has 88 valence electrons. The first-order chi connectivity index (χ1) is 7.77. The molecule has 1 aliphatic rings. The normalized spacial score (nSPS) is 21.1. The molecule has 16 heavy (non-hydrogen) atoms. The number of hydrogen-bond donors (Lipinski definition) is 2. The van der Waals surface area contributed by atoms with Gasteiger partial charge in [0.2, 0.25) is 0 Å². The van der Waals surface area contributed by atoms with E-state index in [4.69, 9.17) is 0 Å². The molecule has 0 radical (unpaired) electrons. The molecule has 1 aliphatic heterocycles. The lowest BCUT2D eigenvalue weighted by Gasteiger charge is -2.26. The van der Waals surface area contributed by atoms with Crippen molar-refractivity contribution in [1.82, 2.24) is 10.6 Å². The highest BCUT2D eigenvalue weighted by molar-refractivity contribution is 5.36. The number of halogens is 2. The first-order valence-electron chi connectivity index (χ1n) is 5.25. The fourth-order valence-electron chi connectivity index (χ4n) is 1.84. The highest BCUT2D eigenvalue weighted by Gasteiger charge is 2.19. The van der Waals surface area contributed by atoms with Gasteiger partial charge in [-0.25, -0.2) is 0 Å². The molecule has 1 heterocycles. The maximum atomic E-state index is 12.2. The minimum Gasteiger partial charge on any atom is -0.434 e. The summed E-state index contributed by atoms with van der Waals surface area (Å²) in [6, 6.07) is 6.92. The zero-order valence-corrected chi connectivity index (χ0v) is 8.75. The molecule has 2 N–H and O–H groups in total. The van der Waals surface area contributed by atoms with Crippen LogP contribution in [0.25, 0.3) is 0 Å². The van der Waals surface area contributed by atoms with Crippen molar-refractivity contribution in [2.24, 2.45) is 0 Å². The zero-order chi connectivity index (χ0) is 11.4. The second-order valence-corrected chi connectivity index (χ2v) is 3.63. The smallest absolute Gasteiger partial charge is 0.387 e. The number of nitrogens with one attached hydrogen (secondary N) is 2. The molecule has 1 atom stereocenters. The molecular formula is C11H14F2N2O. The fourth-order valence-corrected chi connectivity index (χ4v) is 1.84. The molecule has 0 saturated carbocycles. The lowest BCUT2D eigenvalue weighted by Crippen LogP contribution is -2.42. The third-order valence-corrected chi connectivity index (χ3v) is 2.55. The Bertz CT molecular complexity index is 341. The van der Waals surface area contributed by atoms with Crippen LogP contribution < -0.4 is 15.4 Å². The van der Waals surface area contributed by atoms with E-state index >= 15 is 0 Å². The van der Waals surface area contributed by atoms with Gasteiger partial charge in [-0.15, -0.1) is 0 Å². The molecule has 0 unspecified atom stereocenters. The van der Waals surface area contributed by atoms with Gasteiger partial charge in [-0.1, -0.05) is 18.2 Å². The van der Waals surface area contributed by atoms with Crippen molar-refractivity contribution < 1.29 is 13.5 Å². The maximum Gasteiger partial charge on any atom is 0.387 e. The van der Waals surface area contributed by atoms with E-state index in [1.54, 1.807) is 12.1 Å². The number of ether oxygens (including phenoxy) is 1. The molecule has 0 amide bonds. The quantitative estimate of drug-likeness (QED) is 0.823. The van der Waals surface area contributed by atoms with Gasteiger partial charge in [0, 0.05) is 31.2 Å². The summed E-state index contributed by atoms with van der Waals surface area (Å²) in [5, 5.41) is 6.47. The number of benzene rings is 1. The van der Waals surface area contributed by atoms with E-state index in [2.05, 4.69) is 15.4 Å². The minimum atomic E-state index is -2.78. The molecule has 1 aromatic rings. The van der Waals surface area contributed by atoms with E-state index in [0.29, 0.717) is 0 Å². The molecule has 1 saturated heterocycles. The average Bonchev–Trinajstić information content (AvgIpc) is 2.30. The first kappa shape index (κ1) is 11.3. The van der Waals surface area contributed by atoms with Crippen LogP contribution in [0.5, 0.6) is 5.75 Å². The van der Waals surface area contributed by atoms with Gasteiger partial charge in [-0.05, 0) is 6.07 Å². The molecular weight excluding hydrogens is 214 g/mol. The van der Waals surface area contributed by atoms with Gasteiger partial charge in [0.05, 0.1) is 0 Å². The summed E-state index contributed by atoms with van der Waals surface area (Å²) in [7, 11) is 0. The van der Waals surface area contributed by atoms with Gasteiger partial charge in [0.15, 0.2) is 0 Å². The summed E-state index contributed by atoms with van der Waals surface area (Å²) in [4.78, 5) is 0. The molecule has 2 rings (SSSR count). The third-order valence-electron chi connectivity index (χ3n) is 2.55. The minimum absolute atomic E-state index is 0.0312. The van der Waals surface area contributed by atoms with Gasteiger partial charge < -0.3 is 15.4 Å². The topological polar surface area (TPSA) is 33.3 Å². The number of piperazine rings is 1. The van der Waals surface area contributed by atoms with Crippen molar-refractivity contribution in [3.8, 4) is 5.75 Å². The molecule has 0 bridgehead atoms. The van der Waals surface area contributed by atoms with Crippen molar-refractivity contribution in [3.05, 3.63) is 29.8 Å². The van der Waals surface area contributed by atoms with Crippen LogP contribution in [0.4, 0.5) is 8.78 Å². The standard InChI is InChI=1S/C11H14F2N2O/c12-11(13)16-10-4-2-1-3-8(10)9-7-14-5-6-15-9/h1-4,9,11,14-15H,5-7H2/t9-/m1/s1. The lowest BCUT2D eigenvalue weighted by atomic mass is 10.0. The molecule has 0 aromatic heterocycles. The Labute approximate surface area is 92.8 Å². The van der Waals surface area contributed by atoms with Gasteiger partial charge in [0.25, 0.3) is 0 Å². The second-order valence-electron chi connectivity index (χ2n) is 3.63. The van der Waals surface area contributed by atoms with Gasteiger partial charge in [-0.3, -0.25) is 0 Å². The largest absolute Gasteiger partial charge is 0.434 e. The highest BCUT2D eigenvalue weighted by atomic mass is 19.3. The van der Waals surface area contributed by atoms with Crippen molar-refractivity contribution in [2.75, 3.05) is 19.6 Å². The molecule has 0 aliphatic carbocycles. The fraction of sp³-hybridized carbons (Fsp3) is 0.455. The van der Waals surface area contributed by atoms with Crippen LogP contribution in [-0.4, -0.2) is 26.2 Å². The van der Waals surface area contributed by atoms with Crippen LogP contribution in [0, 0.1) is 0 Å². The summed E-state index contributed by atoms with van der Waals surface area (Å²) < 4.78 is 28.9. The molecule has 0 spiro atoms. The highest BCUT2D eigenvalue weighted by Crippen LogP contribution is 2.26. The van der Waals surface area contributed by atoms with Crippen molar-refractivity contribution in [2.45, 2.75) is 12.7 Å². The zero-order valence-electron chi connectivity index (χ0n) is 8.75. The van der Waals surface area contributed by atoms with Gasteiger partial charge in [0.1, 0.15) is 5.75 Å². The first-order valence-corrected chi connectivity index (χ1v) is 5.25. The van der Waals surface area contributed by atoms with Crippen LogP contribution >= 0.6 is 0 Å². The molecule has 3 nitrogen and oxygen atoms in total. The van der Waals surface area contributed by atoms with E-state index in [9.17, 15) is 8.78 Å². The average molecular weight is 228 g/mol. The van der Waals surface area contributed by atoms with Gasteiger partial charge in [-0.2, -0.15) is 8.78 Å². The van der Waals surface area contributed by atoms with Crippen LogP contribution in [0.15, 0.2) is 24.3 Å². The van der Waals surface area contributed by atoms with Crippen LogP contribution in [0.2, 0.25) is 0 Å².